The van der Waals surface area contributed by atoms with Crippen LogP contribution in [0, 0.1) is 0 Å². The van der Waals surface area contributed by atoms with E-state index in [1.807, 2.05) is 0 Å². The van der Waals surface area contributed by atoms with Crippen LogP contribution >= 0.6 is 0 Å². The molecule has 0 radical (unpaired) electrons. The number of hydrogen-bond donors (Lipinski definition) is 4. The lowest BCUT2D eigenvalue weighted by Gasteiger charge is -2.13. The van der Waals surface area contributed by atoms with Gasteiger partial charge in [-0.1, -0.05) is 6.42 Å². The van der Waals surface area contributed by atoms with Crippen molar-refractivity contribution >= 4 is 11.6 Å². The lowest BCUT2D eigenvalue weighted by atomic mass is 9.97. The van der Waals surface area contributed by atoms with Crippen molar-refractivity contribution in [3.8, 4) is 0 Å². The first-order chi connectivity index (χ1) is 9.06. The molecule has 0 aromatic carbocycles. The van der Waals surface area contributed by atoms with Gasteiger partial charge in [0.1, 0.15) is 0 Å². The fraction of sp³-hybridized carbons (Fsp3) is 0.583. The number of Topliss-reactive ketones (excluding diaryl/α,β-unsaturated/α-hetero) is 2. The van der Waals surface area contributed by atoms with Gasteiger partial charge in [-0.15, -0.1) is 0 Å². The summed E-state index contributed by atoms with van der Waals surface area (Å²) in [6.07, 6.45) is 5.28. The van der Waals surface area contributed by atoms with Crippen LogP contribution in [0.15, 0.2) is 12.5 Å². The molecular formula is C12H21N5O2. The summed E-state index contributed by atoms with van der Waals surface area (Å²) in [5, 5.41) is 0. The second-order valence-corrected chi connectivity index (χ2v) is 4.51. The largest absolute Gasteiger partial charge is 0.348 e. The number of aromatic nitrogens is 2. The Labute approximate surface area is 111 Å². The summed E-state index contributed by atoms with van der Waals surface area (Å²) in [5.41, 5.74) is 17.5. The van der Waals surface area contributed by atoms with E-state index in [-0.39, 0.29) is 6.42 Å². The van der Waals surface area contributed by atoms with Crippen LogP contribution in [0.4, 0.5) is 0 Å². The minimum atomic E-state index is -0.881. The predicted molar refractivity (Wildman–Crippen MR) is 71.2 cm³/mol. The lowest BCUT2D eigenvalue weighted by molar-refractivity contribution is -0.138. The van der Waals surface area contributed by atoms with Crippen molar-refractivity contribution in [1.82, 2.24) is 9.97 Å². The van der Waals surface area contributed by atoms with Gasteiger partial charge in [0, 0.05) is 18.3 Å². The quantitative estimate of drug-likeness (QED) is 0.330. The molecule has 2 atom stereocenters. The Balaban J connectivity index is 2.44. The summed E-state index contributed by atoms with van der Waals surface area (Å²) in [4.78, 5) is 30.3. The Bertz CT molecular complexity index is 404. The molecule has 0 bridgehead atoms. The first-order valence-electron chi connectivity index (χ1n) is 6.32. The molecule has 1 heterocycles. The predicted octanol–water partition coefficient (Wildman–Crippen LogP) is -1.13. The van der Waals surface area contributed by atoms with Gasteiger partial charge in [0.05, 0.1) is 18.4 Å². The molecule has 106 valence electrons. The third-order valence-electron chi connectivity index (χ3n) is 2.88. The maximum Gasteiger partial charge on any atom is 0.217 e. The number of carbonyl (C=O) groups excluding carboxylic acids is 2. The number of nitrogens with one attached hydrogen (secondary N) is 1. The van der Waals surface area contributed by atoms with Crippen LogP contribution in [0.25, 0.3) is 0 Å². The molecule has 7 N–H and O–H groups in total. The van der Waals surface area contributed by atoms with Crippen LogP contribution in [0.2, 0.25) is 0 Å². The highest BCUT2D eigenvalue weighted by Crippen LogP contribution is 2.03. The highest BCUT2D eigenvalue weighted by atomic mass is 16.2. The van der Waals surface area contributed by atoms with E-state index in [1.165, 1.54) is 6.33 Å². The van der Waals surface area contributed by atoms with Crippen LogP contribution in [-0.2, 0) is 16.0 Å². The molecule has 0 spiro atoms. The molecule has 0 unspecified atom stereocenters. The van der Waals surface area contributed by atoms with E-state index in [9.17, 15) is 9.59 Å². The fourth-order valence-corrected chi connectivity index (χ4v) is 1.73. The molecule has 0 fully saturated rings. The first kappa shape index (κ1) is 15.5. The summed E-state index contributed by atoms with van der Waals surface area (Å²) in [6, 6.07) is -1.67. The molecule has 0 saturated carbocycles. The molecule has 0 aliphatic heterocycles. The molecule has 1 rings (SSSR count). The topological polar surface area (TPSA) is 141 Å². The number of imidazole rings is 1. The Kier molecular flexibility index (Phi) is 6.34. The average molecular weight is 267 g/mol. The highest BCUT2D eigenvalue weighted by molar-refractivity contribution is 6.40. The number of aromatic amines is 1. The van der Waals surface area contributed by atoms with Crippen molar-refractivity contribution in [2.24, 2.45) is 17.2 Å². The van der Waals surface area contributed by atoms with Crippen LogP contribution in [0.3, 0.4) is 0 Å². The number of nitrogens with two attached hydrogens (primary N) is 3. The SMILES string of the molecule is NCCCC[C@H](N)C(=O)C(=O)[C@@H](N)Cc1cnc[nH]1. The minimum Gasteiger partial charge on any atom is -0.348 e. The maximum absolute atomic E-state index is 11.8. The minimum absolute atomic E-state index is 0.250. The first-order valence-corrected chi connectivity index (χ1v) is 6.32. The molecule has 19 heavy (non-hydrogen) atoms. The molecule has 1 aromatic heterocycles. The van der Waals surface area contributed by atoms with Crippen molar-refractivity contribution in [1.29, 1.82) is 0 Å². The molecule has 7 nitrogen and oxygen atoms in total. The van der Waals surface area contributed by atoms with Gasteiger partial charge in [-0.05, 0) is 19.4 Å². The number of H-pyrrole nitrogens is 1. The van der Waals surface area contributed by atoms with Gasteiger partial charge in [-0.25, -0.2) is 4.98 Å². The third-order valence-corrected chi connectivity index (χ3v) is 2.88. The smallest absolute Gasteiger partial charge is 0.217 e. The Morgan fingerprint density at radius 2 is 1.89 bits per heavy atom. The second kappa shape index (κ2) is 7.78. The van der Waals surface area contributed by atoms with Crippen LogP contribution in [-0.4, -0.2) is 40.2 Å². The standard InChI is InChI=1S/C12H21N5O2/c13-4-2-1-3-9(14)11(18)12(19)10(15)5-8-6-16-7-17-8/h6-7,9-10H,1-5,13-15H2,(H,16,17)/t9-,10-/m0/s1. The number of ketones is 2. The molecule has 0 saturated heterocycles. The zero-order valence-corrected chi connectivity index (χ0v) is 10.8. The second-order valence-electron chi connectivity index (χ2n) is 4.51. The van der Waals surface area contributed by atoms with Gasteiger partial charge in [0.15, 0.2) is 0 Å². The maximum atomic E-state index is 11.8. The summed E-state index contributed by atoms with van der Waals surface area (Å²) in [7, 11) is 0. The third kappa shape index (κ3) is 4.90. The van der Waals surface area contributed by atoms with Gasteiger partial charge in [0.2, 0.25) is 11.6 Å². The van der Waals surface area contributed by atoms with E-state index in [1.54, 1.807) is 6.20 Å². The Morgan fingerprint density at radius 3 is 2.47 bits per heavy atom. The average Bonchev–Trinajstić information content (AvgIpc) is 2.89. The zero-order chi connectivity index (χ0) is 14.3. The van der Waals surface area contributed by atoms with Crippen LogP contribution in [0.5, 0.6) is 0 Å². The number of nitrogens with zero attached hydrogens (tertiary/aromatic N) is 1. The van der Waals surface area contributed by atoms with Gasteiger partial charge in [0.25, 0.3) is 0 Å². The zero-order valence-electron chi connectivity index (χ0n) is 10.8. The normalized spacial score (nSPS) is 14.1. The van der Waals surface area contributed by atoms with E-state index in [0.717, 1.165) is 12.8 Å². The summed E-state index contributed by atoms with van der Waals surface area (Å²) in [5.74, 6) is -1.24. The number of unbranched alkanes of at least 4 members (excludes halogenated alkanes) is 1. The van der Waals surface area contributed by atoms with E-state index >= 15 is 0 Å². The van der Waals surface area contributed by atoms with Crippen LogP contribution < -0.4 is 17.2 Å². The molecule has 1 aromatic rings. The number of rotatable bonds is 9. The Hall–Kier alpha value is -1.57. The fourth-order valence-electron chi connectivity index (χ4n) is 1.73. The van der Waals surface area contributed by atoms with Gasteiger partial charge >= 0.3 is 0 Å². The van der Waals surface area contributed by atoms with Gasteiger partial charge in [-0.3, -0.25) is 9.59 Å². The molecule has 0 aliphatic carbocycles. The van der Waals surface area contributed by atoms with Crippen molar-refractivity contribution < 1.29 is 9.59 Å². The number of hydrogen-bond acceptors (Lipinski definition) is 6. The summed E-state index contributed by atoms with van der Waals surface area (Å²) in [6.45, 7) is 0.550. The monoisotopic (exact) mass is 267 g/mol. The molecule has 7 heteroatoms. The Morgan fingerprint density at radius 1 is 1.21 bits per heavy atom. The molecular weight excluding hydrogens is 246 g/mol. The highest BCUT2D eigenvalue weighted by Gasteiger charge is 2.26. The lowest BCUT2D eigenvalue weighted by Crippen LogP contribution is -2.45. The van der Waals surface area contributed by atoms with Gasteiger partial charge < -0.3 is 22.2 Å². The molecule has 0 aliphatic rings. The summed E-state index contributed by atoms with van der Waals surface area (Å²) < 4.78 is 0. The van der Waals surface area contributed by atoms with E-state index < -0.39 is 23.7 Å². The van der Waals surface area contributed by atoms with E-state index in [0.29, 0.717) is 18.7 Å². The van der Waals surface area contributed by atoms with Crippen molar-refractivity contribution in [3.05, 3.63) is 18.2 Å². The van der Waals surface area contributed by atoms with Crippen LogP contribution in [0.1, 0.15) is 25.0 Å². The van der Waals surface area contributed by atoms with E-state index in [2.05, 4.69) is 9.97 Å². The number of carbonyl (C=O) groups is 2. The van der Waals surface area contributed by atoms with Crippen molar-refractivity contribution in [3.63, 3.8) is 0 Å². The van der Waals surface area contributed by atoms with Crippen molar-refractivity contribution in [2.45, 2.75) is 37.8 Å². The summed E-state index contributed by atoms with van der Waals surface area (Å²) >= 11 is 0. The van der Waals surface area contributed by atoms with Crippen molar-refractivity contribution in [2.75, 3.05) is 6.54 Å². The molecule has 0 amide bonds. The van der Waals surface area contributed by atoms with E-state index in [4.69, 9.17) is 17.2 Å². The van der Waals surface area contributed by atoms with Gasteiger partial charge in [-0.2, -0.15) is 0 Å².